The molecule has 0 bridgehead atoms. The van der Waals surface area contributed by atoms with Crippen LogP contribution in [0, 0.1) is 0 Å². The van der Waals surface area contributed by atoms with Crippen LogP contribution in [0.15, 0.2) is 48.5 Å². The van der Waals surface area contributed by atoms with E-state index in [4.69, 9.17) is 9.47 Å². The largest absolute Gasteiger partial charge is 0.488 e. The molecule has 0 aliphatic heterocycles. The standard InChI is InChI=1S/C18H25BO4Si/c1-24(2,3)13-12-22-14-23-18-7-5-4-6-17(18)15-8-10-16(11-9-15)19(20)21/h4-11,20-21H,12-14H2,1-3H3. The molecule has 0 aromatic heterocycles. The van der Waals surface area contributed by atoms with Gasteiger partial charge in [0.1, 0.15) is 5.75 Å². The molecule has 128 valence electrons. The molecule has 0 spiro atoms. The van der Waals surface area contributed by atoms with E-state index in [2.05, 4.69) is 19.6 Å². The highest BCUT2D eigenvalue weighted by atomic mass is 28.3. The van der Waals surface area contributed by atoms with Crippen LogP contribution in [0.5, 0.6) is 5.75 Å². The molecule has 0 atom stereocenters. The van der Waals surface area contributed by atoms with Crippen molar-refractivity contribution in [3.05, 3.63) is 48.5 Å². The smallest absolute Gasteiger partial charge is 0.467 e. The first kappa shape index (κ1) is 18.7. The number of ether oxygens (including phenoxy) is 2. The van der Waals surface area contributed by atoms with E-state index >= 15 is 0 Å². The fourth-order valence-corrected chi connectivity index (χ4v) is 2.96. The Kier molecular flexibility index (Phi) is 6.62. The fourth-order valence-electron chi connectivity index (χ4n) is 2.21. The van der Waals surface area contributed by atoms with Crippen molar-refractivity contribution in [1.82, 2.24) is 0 Å². The SMILES string of the molecule is C[Si](C)(C)CCOCOc1ccccc1-c1ccc(B(O)O)cc1. The molecule has 0 aliphatic carbocycles. The van der Waals surface area contributed by atoms with Crippen LogP contribution in [0.25, 0.3) is 11.1 Å². The van der Waals surface area contributed by atoms with Crippen molar-refractivity contribution in [3.8, 4) is 16.9 Å². The topological polar surface area (TPSA) is 58.9 Å². The van der Waals surface area contributed by atoms with E-state index in [1.54, 1.807) is 12.1 Å². The van der Waals surface area contributed by atoms with Gasteiger partial charge in [-0.15, -0.1) is 0 Å². The first-order valence-electron chi connectivity index (χ1n) is 8.13. The van der Waals surface area contributed by atoms with Gasteiger partial charge in [-0.05, 0) is 23.1 Å². The lowest BCUT2D eigenvalue weighted by molar-refractivity contribution is 0.0224. The Labute approximate surface area is 145 Å². The van der Waals surface area contributed by atoms with E-state index in [1.165, 1.54) is 0 Å². The van der Waals surface area contributed by atoms with Crippen LogP contribution in [0.3, 0.4) is 0 Å². The predicted molar refractivity (Wildman–Crippen MR) is 101 cm³/mol. The Morgan fingerprint density at radius 3 is 2.25 bits per heavy atom. The highest BCUT2D eigenvalue weighted by molar-refractivity contribution is 6.76. The third-order valence-corrected chi connectivity index (χ3v) is 5.41. The maximum atomic E-state index is 9.18. The summed E-state index contributed by atoms with van der Waals surface area (Å²) < 4.78 is 11.4. The maximum Gasteiger partial charge on any atom is 0.488 e. The van der Waals surface area contributed by atoms with Crippen molar-refractivity contribution in [2.45, 2.75) is 25.7 Å². The van der Waals surface area contributed by atoms with Crippen LogP contribution in [0.2, 0.25) is 25.7 Å². The Bertz CT molecular complexity index is 638. The summed E-state index contributed by atoms with van der Waals surface area (Å²) >= 11 is 0. The van der Waals surface area contributed by atoms with Gasteiger partial charge in [0.25, 0.3) is 0 Å². The van der Waals surface area contributed by atoms with Crippen LogP contribution in [-0.4, -0.2) is 38.6 Å². The number of hydrogen-bond donors (Lipinski definition) is 2. The van der Waals surface area contributed by atoms with E-state index in [0.29, 0.717) is 5.46 Å². The van der Waals surface area contributed by atoms with Gasteiger partial charge in [0.2, 0.25) is 0 Å². The Morgan fingerprint density at radius 2 is 1.62 bits per heavy atom. The zero-order chi connectivity index (χ0) is 17.6. The normalized spacial score (nSPS) is 11.4. The highest BCUT2D eigenvalue weighted by Gasteiger charge is 2.13. The summed E-state index contributed by atoms with van der Waals surface area (Å²) in [7, 11) is -2.54. The molecule has 2 rings (SSSR count). The maximum absolute atomic E-state index is 9.18. The van der Waals surface area contributed by atoms with Crippen molar-refractivity contribution in [2.24, 2.45) is 0 Å². The van der Waals surface area contributed by atoms with E-state index in [9.17, 15) is 10.0 Å². The second-order valence-corrected chi connectivity index (χ2v) is 12.6. The summed E-state index contributed by atoms with van der Waals surface area (Å²) in [5, 5.41) is 18.4. The average molecular weight is 344 g/mol. The minimum absolute atomic E-state index is 0.231. The molecule has 4 nitrogen and oxygen atoms in total. The quantitative estimate of drug-likeness (QED) is 0.439. The van der Waals surface area contributed by atoms with Gasteiger partial charge < -0.3 is 19.5 Å². The van der Waals surface area contributed by atoms with Gasteiger partial charge >= 0.3 is 7.12 Å². The molecule has 2 aromatic rings. The molecular formula is C18H25BO4Si. The molecule has 0 unspecified atom stereocenters. The number of hydrogen-bond acceptors (Lipinski definition) is 4. The van der Waals surface area contributed by atoms with Gasteiger partial charge in [-0.3, -0.25) is 0 Å². The van der Waals surface area contributed by atoms with E-state index in [-0.39, 0.29) is 6.79 Å². The summed E-state index contributed by atoms with van der Waals surface area (Å²) in [6.45, 7) is 7.91. The summed E-state index contributed by atoms with van der Waals surface area (Å²) in [4.78, 5) is 0. The Balaban J connectivity index is 1.99. The third-order valence-electron chi connectivity index (χ3n) is 3.70. The molecule has 0 radical (unpaired) electrons. The molecule has 0 amide bonds. The molecule has 0 saturated heterocycles. The fraction of sp³-hybridized carbons (Fsp3) is 0.333. The monoisotopic (exact) mass is 344 g/mol. The van der Waals surface area contributed by atoms with Crippen LogP contribution < -0.4 is 10.2 Å². The van der Waals surface area contributed by atoms with Crippen LogP contribution >= 0.6 is 0 Å². The van der Waals surface area contributed by atoms with E-state index in [1.807, 2.05) is 36.4 Å². The summed E-state index contributed by atoms with van der Waals surface area (Å²) in [6.07, 6.45) is 0. The van der Waals surface area contributed by atoms with Crippen LogP contribution in [0.1, 0.15) is 0 Å². The number of benzene rings is 2. The van der Waals surface area contributed by atoms with Crippen molar-refractivity contribution in [2.75, 3.05) is 13.4 Å². The minimum atomic E-state index is -1.45. The summed E-state index contributed by atoms with van der Waals surface area (Å²) in [6, 6.07) is 16.0. The van der Waals surface area contributed by atoms with Gasteiger partial charge in [-0.1, -0.05) is 62.1 Å². The lowest BCUT2D eigenvalue weighted by Crippen LogP contribution is -2.29. The lowest BCUT2D eigenvalue weighted by Gasteiger charge is -2.16. The van der Waals surface area contributed by atoms with Gasteiger partial charge in [-0.2, -0.15) is 0 Å². The zero-order valence-electron chi connectivity index (χ0n) is 14.5. The molecule has 2 N–H and O–H groups in total. The zero-order valence-corrected chi connectivity index (χ0v) is 15.5. The predicted octanol–water partition coefficient (Wildman–Crippen LogP) is 2.72. The first-order chi connectivity index (χ1) is 11.4. The van der Waals surface area contributed by atoms with Crippen LogP contribution in [0.4, 0.5) is 0 Å². The number of rotatable bonds is 8. The van der Waals surface area contributed by atoms with Gasteiger partial charge in [0, 0.05) is 20.2 Å². The first-order valence-corrected chi connectivity index (χ1v) is 11.8. The molecule has 0 fully saturated rings. The summed E-state index contributed by atoms with van der Waals surface area (Å²) in [5.41, 5.74) is 2.37. The van der Waals surface area contributed by atoms with Crippen molar-refractivity contribution in [1.29, 1.82) is 0 Å². The van der Waals surface area contributed by atoms with E-state index in [0.717, 1.165) is 29.5 Å². The average Bonchev–Trinajstić information content (AvgIpc) is 2.54. The van der Waals surface area contributed by atoms with Crippen molar-refractivity contribution in [3.63, 3.8) is 0 Å². The second kappa shape index (κ2) is 8.48. The van der Waals surface area contributed by atoms with Crippen molar-refractivity contribution >= 4 is 20.7 Å². The van der Waals surface area contributed by atoms with Gasteiger partial charge in [0.05, 0.1) is 0 Å². The molecule has 0 heterocycles. The molecule has 24 heavy (non-hydrogen) atoms. The Morgan fingerprint density at radius 1 is 0.958 bits per heavy atom. The van der Waals surface area contributed by atoms with Gasteiger partial charge in [0.15, 0.2) is 6.79 Å². The van der Waals surface area contributed by atoms with E-state index < -0.39 is 15.2 Å². The van der Waals surface area contributed by atoms with Crippen molar-refractivity contribution < 1.29 is 19.5 Å². The molecule has 0 saturated carbocycles. The molecule has 0 aliphatic rings. The lowest BCUT2D eigenvalue weighted by atomic mass is 9.80. The number of para-hydroxylation sites is 1. The third kappa shape index (κ3) is 5.80. The summed E-state index contributed by atoms with van der Waals surface area (Å²) in [5.74, 6) is 0.753. The van der Waals surface area contributed by atoms with Crippen LogP contribution in [-0.2, 0) is 4.74 Å². The minimum Gasteiger partial charge on any atom is -0.467 e. The molecule has 6 heteroatoms. The Hall–Kier alpha value is -1.60. The molecule has 2 aromatic carbocycles. The van der Waals surface area contributed by atoms with Gasteiger partial charge in [-0.25, -0.2) is 0 Å². The molecular weight excluding hydrogens is 319 g/mol. The second-order valence-electron chi connectivity index (χ2n) is 6.97. The highest BCUT2D eigenvalue weighted by Crippen LogP contribution is 2.29.